The summed E-state index contributed by atoms with van der Waals surface area (Å²) >= 11 is 3.39. The molecule has 2 aromatic carbocycles. The second-order valence-corrected chi connectivity index (χ2v) is 11.1. The smallest absolute Gasteiger partial charge is 0.244 e. The molecule has 3 rings (SSSR count). The topological polar surface area (TPSA) is 105 Å². The number of sulfonamides is 1. The third-order valence-corrected chi connectivity index (χ3v) is 7.26. The molecule has 1 aliphatic rings. The van der Waals surface area contributed by atoms with E-state index in [0.717, 1.165) is 33.4 Å². The molecule has 9 nitrogen and oxygen atoms in total. The zero-order valence-electron chi connectivity index (χ0n) is 20.0. The molecule has 0 radical (unpaired) electrons. The van der Waals surface area contributed by atoms with E-state index in [1.165, 1.54) is 11.0 Å². The van der Waals surface area contributed by atoms with E-state index in [9.17, 15) is 18.0 Å². The molecule has 0 aromatic heterocycles. The Morgan fingerprint density at radius 1 is 1.11 bits per heavy atom. The van der Waals surface area contributed by atoms with Crippen LogP contribution in [-0.2, 0) is 26.2 Å². The fraction of sp³-hybridized carbons (Fsp3) is 0.417. The van der Waals surface area contributed by atoms with Crippen molar-refractivity contribution in [3.8, 4) is 11.5 Å². The van der Waals surface area contributed by atoms with Crippen molar-refractivity contribution >= 4 is 43.5 Å². The van der Waals surface area contributed by atoms with Gasteiger partial charge in [0.1, 0.15) is 12.6 Å². The van der Waals surface area contributed by atoms with Gasteiger partial charge in [-0.15, -0.1) is 0 Å². The molecule has 190 valence electrons. The molecule has 1 N–H and O–H groups in total. The van der Waals surface area contributed by atoms with Gasteiger partial charge in [-0.3, -0.25) is 13.9 Å². The minimum atomic E-state index is -3.82. The Morgan fingerprint density at radius 2 is 1.80 bits per heavy atom. The van der Waals surface area contributed by atoms with E-state index in [2.05, 4.69) is 21.2 Å². The van der Waals surface area contributed by atoms with Crippen LogP contribution < -0.4 is 19.1 Å². The molecule has 0 fully saturated rings. The highest BCUT2D eigenvalue weighted by Crippen LogP contribution is 2.36. The number of hydrogen-bond donors (Lipinski definition) is 1. The molecule has 1 heterocycles. The van der Waals surface area contributed by atoms with Gasteiger partial charge in [0.15, 0.2) is 11.5 Å². The van der Waals surface area contributed by atoms with Gasteiger partial charge in [-0.25, -0.2) is 8.42 Å². The van der Waals surface area contributed by atoms with Gasteiger partial charge in [-0.2, -0.15) is 0 Å². The summed E-state index contributed by atoms with van der Waals surface area (Å²) in [7, 11) is -3.82. The average Bonchev–Trinajstić information content (AvgIpc) is 3.29. The second-order valence-electron chi connectivity index (χ2n) is 8.28. The quantitative estimate of drug-likeness (QED) is 0.418. The predicted molar refractivity (Wildman–Crippen MR) is 137 cm³/mol. The highest BCUT2D eigenvalue weighted by atomic mass is 79.9. The van der Waals surface area contributed by atoms with Crippen molar-refractivity contribution in [2.75, 3.05) is 30.4 Å². The van der Waals surface area contributed by atoms with Crippen molar-refractivity contribution in [2.45, 2.75) is 39.3 Å². The van der Waals surface area contributed by atoms with Crippen molar-refractivity contribution in [3.05, 3.63) is 52.5 Å². The first-order valence-electron chi connectivity index (χ1n) is 11.3. The van der Waals surface area contributed by atoms with E-state index in [4.69, 9.17) is 9.47 Å². The second kappa shape index (κ2) is 11.8. The molecular weight excluding hydrogens is 538 g/mol. The third-order valence-electron chi connectivity index (χ3n) is 5.59. The Kier molecular flexibility index (Phi) is 9.01. The summed E-state index contributed by atoms with van der Waals surface area (Å²) < 4.78 is 37.9. The largest absolute Gasteiger partial charge is 0.454 e. The summed E-state index contributed by atoms with van der Waals surface area (Å²) in [5.74, 6) is 0.105. The number of carbonyl (C=O) groups is 2. The lowest BCUT2D eigenvalue weighted by atomic mass is 10.1. The van der Waals surface area contributed by atoms with Crippen molar-refractivity contribution in [2.24, 2.45) is 0 Å². The molecule has 35 heavy (non-hydrogen) atoms. The van der Waals surface area contributed by atoms with E-state index in [1.54, 1.807) is 19.1 Å². The number of unbranched alkanes of at least 4 members (excludes halogenated alkanes) is 1. The first kappa shape index (κ1) is 26.8. The van der Waals surface area contributed by atoms with Crippen LogP contribution >= 0.6 is 15.9 Å². The number of nitrogens with one attached hydrogen (secondary N) is 1. The molecule has 2 aromatic rings. The Bertz CT molecular complexity index is 1160. The molecule has 1 atom stereocenters. The zero-order chi connectivity index (χ0) is 25.6. The first-order valence-corrected chi connectivity index (χ1v) is 13.9. The summed E-state index contributed by atoms with van der Waals surface area (Å²) in [5.41, 5.74) is 1.08. The number of rotatable bonds is 11. The van der Waals surface area contributed by atoms with E-state index >= 15 is 0 Å². The highest BCUT2D eigenvalue weighted by Gasteiger charge is 2.30. The number of carbonyl (C=O) groups excluding carboxylic acids is 2. The molecule has 2 amide bonds. The Balaban J connectivity index is 1.87. The predicted octanol–water partition coefficient (Wildman–Crippen LogP) is 3.28. The number of nitrogens with zero attached hydrogens (tertiary/aromatic N) is 2. The average molecular weight is 568 g/mol. The van der Waals surface area contributed by atoms with Gasteiger partial charge in [0.2, 0.25) is 28.6 Å². The van der Waals surface area contributed by atoms with Crippen LogP contribution in [0.15, 0.2) is 46.9 Å². The molecule has 0 spiro atoms. The molecular formula is C24H30BrN3O6S. The molecule has 0 aliphatic carbocycles. The fourth-order valence-electron chi connectivity index (χ4n) is 3.56. The zero-order valence-corrected chi connectivity index (χ0v) is 22.4. The fourth-order valence-corrected chi connectivity index (χ4v) is 4.67. The summed E-state index contributed by atoms with van der Waals surface area (Å²) in [4.78, 5) is 27.7. The van der Waals surface area contributed by atoms with Gasteiger partial charge in [-0.1, -0.05) is 41.4 Å². The van der Waals surface area contributed by atoms with Gasteiger partial charge in [0.25, 0.3) is 0 Å². The lowest BCUT2D eigenvalue weighted by Gasteiger charge is -2.31. The minimum absolute atomic E-state index is 0.0439. The van der Waals surface area contributed by atoms with Crippen molar-refractivity contribution in [1.29, 1.82) is 0 Å². The van der Waals surface area contributed by atoms with E-state index in [1.807, 2.05) is 31.2 Å². The Labute approximate surface area is 214 Å². The molecule has 0 bridgehead atoms. The van der Waals surface area contributed by atoms with Gasteiger partial charge in [0, 0.05) is 23.6 Å². The van der Waals surface area contributed by atoms with Crippen molar-refractivity contribution < 1.29 is 27.5 Å². The van der Waals surface area contributed by atoms with Crippen LogP contribution in [0, 0.1) is 0 Å². The number of anilines is 1. The SMILES string of the molecule is CCCCNC(=O)C(C)N(Cc1ccc(Br)cc1)C(=O)CN(c1ccc2c(c1)OCO2)S(C)(=O)=O. The first-order chi connectivity index (χ1) is 16.6. The number of halogens is 1. The standard InChI is InChI=1S/C24H30BrN3O6S/c1-4-5-12-26-24(30)17(2)27(14-18-6-8-19(25)9-7-18)23(29)15-28(35(3,31)32)20-10-11-21-22(13-20)34-16-33-21/h6-11,13,17H,4-5,12,14-16H2,1-3H3,(H,26,30). The van der Waals surface area contributed by atoms with Crippen molar-refractivity contribution in [1.82, 2.24) is 10.2 Å². The normalized spacial score (nSPS) is 13.3. The summed E-state index contributed by atoms with van der Waals surface area (Å²) in [6, 6.07) is 11.3. The Hall–Kier alpha value is -2.79. The van der Waals surface area contributed by atoms with Gasteiger partial charge < -0.3 is 19.7 Å². The van der Waals surface area contributed by atoms with Gasteiger partial charge in [0.05, 0.1) is 11.9 Å². The van der Waals surface area contributed by atoms with Crippen LogP contribution in [0.1, 0.15) is 32.3 Å². The number of hydrogen-bond acceptors (Lipinski definition) is 6. The third kappa shape index (κ3) is 7.11. The molecule has 0 saturated heterocycles. The molecule has 1 unspecified atom stereocenters. The summed E-state index contributed by atoms with van der Waals surface area (Å²) in [6.45, 7) is 3.89. The highest BCUT2D eigenvalue weighted by molar-refractivity contribution is 9.10. The van der Waals surface area contributed by atoms with Crippen LogP contribution in [0.2, 0.25) is 0 Å². The lowest BCUT2D eigenvalue weighted by Crippen LogP contribution is -2.51. The number of amides is 2. The maximum Gasteiger partial charge on any atom is 0.244 e. The van der Waals surface area contributed by atoms with E-state index in [-0.39, 0.29) is 24.9 Å². The minimum Gasteiger partial charge on any atom is -0.454 e. The van der Waals surface area contributed by atoms with Crippen LogP contribution in [0.5, 0.6) is 11.5 Å². The molecule has 1 aliphatic heterocycles. The number of ether oxygens (including phenoxy) is 2. The number of fused-ring (bicyclic) bond motifs is 1. The summed E-state index contributed by atoms with van der Waals surface area (Å²) in [5, 5.41) is 2.85. The van der Waals surface area contributed by atoms with Crippen molar-refractivity contribution in [3.63, 3.8) is 0 Å². The number of benzene rings is 2. The van der Waals surface area contributed by atoms with E-state index < -0.39 is 28.5 Å². The lowest BCUT2D eigenvalue weighted by molar-refractivity contribution is -0.139. The van der Waals surface area contributed by atoms with Crippen LogP contribution in [0.4, 0.5) is 5.69 Å². The van der Waals surface area contributed by atoms with E-state index in [0.29, 0.717) is 18.0 Å². The van der Waals surface area contributed by atoms with Gasteiger partial charge in [-0.05, 0) is 43.2 Å². The molecule has 11 heteroatoms. The molecule has 0 saturated carbocycles. The summed E-state index contributed by atoms with van der Waals surface area (Å²) in [6.07, 6.45) is 2.78. The van der Waals surface area contributed by atoms with Crippen LogP contribution in [0.3, 0.4) is 0 Å². The monoisotopic (exact) mass is 567 g/mol. The van der Waals surface area contributed by atoms with Crippen LogP contribution in [-0.4, -0.2) is 57.3 Å². The maximum atomic E-state index is 13.5. The Morgan fingerprint density at radius 3 is 2.46 bits per heavy atom. The van der Waals surface area contributed by atoms with Gasteiger partial charge >= 0.3 is 0 Å². The van der Waals surface area contributed by atoms with Crippen LogP contribution in [0.25, 0.3) is 0 Å². The maximum absolute atomic E-state index is 13.5.